The number of benzene rings is 2. The first kappa shape index (κ1) is 15.7. The number of hydrogen-bond donors (Lipinski definition) is 0. The van der Waals surface area contributed by atoms with Crippen molar-refractivity contribution in [3.05, 3.63) is 60.7 Å². The minimum absolute atomic E-state index is 0.0976. The monoisotopic (exact) mass is 320 g/mol. The van der Waals surface area contributed by atoms with Crippen molar-refractivity contribution in [3.8, 4) is 0 Å². The standard InChI is InChI=1S/C13H11Cl.Cl2OS/c1-2-13(14)12-8-7-10-5-3-4-6-11(10)9-12;1-4(2)3/h2-9,13H,1H2;. The third-order valence-corrected chi connectivity index (χ3v) is 2.73. The van der Waals surface area contributed by atoms with E-state index in [0.717, 1.165) is 5.56 Å². The third-order valence-electron chi connectivity index (χ3n) is 2.30. The Labute approximate surface area is 124 Å². The van der Waals surface area contributed by atoms with Gasteiger partial charge in [0, 0.05) is 0 Å². The summed E-state index contributed by atoms with van der Waals surface area (Å²) < 4.78 is 9.09. The predicted molar refractivity (Wildman–Crippen MR) is 82.6 cm³/mol. The lowest BCUT2D eigenvalue weighted by molar-refractivity contribution is 0.620. The molecule has 1 unspecified atom stereocenters. The fourth-order valence-electron chi connectivity index (χ4n) is 1.52. The van der Waals surface area contributed by atoms with Crippen molar-refractivity contribution >= 4 is 53.3 Å². The lowest BCUT2D eigenvalue weighted by Gasteiger charge is -2.05. The summed E-state index contributed by atoms with van der Waals surface area (Å²) in [6.07, 6.45) is 1.74. The van der Waals surface area contributed by atoms with Crippen LogP contribution in [0, 0.1) is 0 Å². The van der Waals surface area contributed by atoms with Gasteiger partial charge in [0.1, 0.15) is 0 Å². The average Bonchev–Trinajstić information content (AvgIpc) is 2.36. The Morgan fingerprint density at radius 3 is 2.22 bits per heavy atom. The Morgan fingerprint density at radius 2 is 1.67 bits per heavy atom. The molecule has 5 heteroatoms. The highest BCUT2D eigenvalue weighted by molar-refractivity contribution is 8.31. The van der Waals surface area contributed by atoms with Gasteiger partial charge >= 0.3 is 0 Å². The largest absolute Gasteiger partial charge is 0.582 e. The highest BCUT2D eigenvalue weighted by atomic mass is 36.0. The molecule has 0 bridgehead atoms. The van der Waals surface area contributed by atoms with E-state index in [4.69, 9.17) is 16.2 Å². The molecule has 18 heavy (non-hydrogen) atoms. The van der Waals surface area contributed by atoms with Crippen LogP contribution in [0.2, 0.25) is 0 Å². The van der Waals surface area contributed by atoms with Crippen molar-refractivity contribution in [3.63, 3.8) is 0 Å². The summed E-state index contributed by atoms with van der Waals surface area (Å²) in [4.78, 5) is 0. The van der Waals surface area contributed by atoms with E-state index < -0.39 is 9.60 Å². The number of allylic oxidation sites excluding steroid dienone is 1. The number of alkyl halides is 1. The molecule has 0 spiro atoms. The summed E-state index contributed by atoms with van der Waals surface area (Å²) in [5, 5.41) is 2.36. The lowest BCUT2D eigenvalue weighted by atomic mass is 10.1. The van der Waals surface area contributed by atoms with Crippen LogP contribution in [0.15, 0.2) is 55.1 Å². The van der Waals surface area contributed by atoms with Gasteiger partial charge in [-0.1, -0.05) is 42.5 Å². The number of fused-ring (bicyclic) bond motifs is 1. The van der Waals surface area contributed by atoms with Crippen LogP contribution in [0.1, 0.15) is 10.9 Å². The van der Waals surface area contributed by atoms with E-state index in [0.29, 0.717) is 0 Å². The smallest absolute Gasteiger partial charge is 0.198 e. The topological polar surface area (TPSA) is 23.1 Å². The van der Waals surface area contributed by atoms with Crippen LogP contribution in [0.5, 0.6) is 0 Å². The van der Waals surface area contributed by atoms with Crippen molar-refractivity contribution in [2.45, 2.75) is 5.38 Å². The molecular weight excluding hydrogens is 311 g/mol. The van der Waals surface area contributed by atoms with Crippen molar-refractivity contribution in [1.82, 2.24) is 0 Å². The molecule has 0 heterocycles. The summed E-state index contributed by atoms with van der Waals surface area (Å²) in [6.45, 7) is 3.69. The number of hydrogen-bond acceptors (Lipinski definition) is 1. The van der Waals surface area contributed by atoms with E-state index in [-0.39, 0.29) is 5.38 Å². The van der Waals surface area contributed by atoms with E-state index in [1.807, 2.05) is 18.2 Å². The quantitative estimate of drug-likeness (QED) is 0.415. The van der Waals surface area contributed by atoms with Crippen LogP contribution in [0.25, 0.3) is 10.8 Å². The number of rotatable bonds is 2. The minimum atomic E-state index is -1.67. The van der Waals surface area contributed by atoms with Crippen LogP contribution in [-0.4, -0.2) is 4.55 Å². The molecule has 0 radical (unpaired) electrons. The first-order valence-corrected chi connectivity index (χ1v) is 8.28. The molecule has 0 aliphatic heterocycles. The van der Waals surface area contributed by atoms with Crippen molar-refractivity contribution in [2.24, 2.45) is 0 Å². The molecule has 2 aromatic rings. The zero-order chi connectivity index (χ0) is 13.5. The molecule has 2 rings (SSSR count). The van der Waals surface area contributed by atoms with E-state index in [9.17, 15) is 0 Å². The highest BCUT2D eigenvalue weighted by Crippen LogP contribution is 2.25. The predicted octanol–water partition coefficient (Wildman–Crippen LogP) is 5.35. The van der Waals surface area contributed by atoms with Gasteiger partial charge in [0.05, 0.1) is 5.38 Å². The van der Waals surface area contributed by atoms with Crippen LogP contribution in [0.3, 0.4) is 0 Å². The third kappa shape index (κ3) is 5.09. The maximum Gasteiger partial charge on any atom is 0.198 e. The van der Waals surface area contributed by atoms with Gasteiger partial charge in [0.2, 0.25) is 0 Å². The van der Waals surface area contributed by atoms with Gasteiger partial charge in [0.25, 0.3) is 0 Å². The van der Waals surface area contributed by atoms with Gasteiger partial charge in [-0.05, 0) is 22.4 Å². The van der Waals surface area contributed by atoms with Crippen LogP contribution >= 0.6 is 33.0 Å². The molecule has 2 aromatic carbocycles. The summed E-state index contributed by atoms with van der Waals surface area (Å²) in [5.41, 5.74) is 1.10. The average molecular weight is 322 g/mol. The van der Waals surface area contributed by atoms with Crippen LogP contribution < -0.4 is 0 Å². The second-order valence-electron chi connectivity index (χ2n) is 3.43. The van der Waals surface area contributed by atoms with E-state index >= 15 is 0 Å². The summed E-state index contributed by atoms with van der Waals surface area (Å²) in [5.74, 6) is 0. The molecular formula is C13H11Cl3OS. The number of halogens is 3. The lowest BCUT2D eigenvalue weighted by Crippen LogP contribution is -1.84. The molecule has 0 fully saturated rings. The van der Waals surface area contributed by atoms with Gasteiger partial charge in [0.15, 0.2) is 31.0 Å². The summed E-state index contributed by atoms with van der Waals surface area (Å²) in [7, 11) is 7.36. The van der Waals surface area contributed by atoms with Gasteiger partial charge in [-0.2, -0.15) is 0 Å². The molecule has 0 aliphatic carbocycles. The molecule has 1 atom stereocenters. The zero-order valence-electron chi connectivity index (χ0n) is 9.35. The summed E-state index contributed by atoms with van der Waals surface area (Å²) in [6, 6.07) is 14.5. The van der Waals surface area contributed by atoms with E-state index in [1.165, 1.54) is 10.8 Å². The normalized spacial score (nSPS) is 11.8. The molecule has 1 nitrogen and oxygen atoms in total. The molecule has 0 saturated heterocycles. The van der Waals surface area contributed by atoms with Crippen molar-refractivity contribution in [2.75, 3.05) is 0 Å². The molecule has 0 saturated carbocycles. The van der Waals surface area contributed by atoms with Gasteiger partial charge < -0.3 is 4.55 Å². The maximum atomic E-state index is 9.09. The van der Waals surface area contributed by atoms with Crippen LogP contribution in [-0.2, 0) is 9.60 Å². The minimum Gasteiger partial charge on any atom is -0.582 e. The van der Waals surface area contributed by atoms with Gasteiger partial charge in [-0.15, -0.1) is 18.2 Å². The fraction of sp³-hybridized carbons (Fsp3) is 0.0769. The first-order chi connectivity index (χ1) is 8.54. The zero-order valence-corrected chi connectivity index (χ0v) is 12.4. The van der Waals surface area contributed by atoms with Crippen molar-refractivity contribution < 1.29 is 4.55 Å². The Kier molecular flexibility index (Phi) is 6.90. The molecule has 0 amide bonds. The Hall–Kier alpha value is -0.380. The van der Waals surface area contributed by atoms with E-state index in [1.54, 1.807) is 6.08 Å². The van der Waals surface area contributed by atoms with Gasteiger partial charge in [-0.25, -0.2) is 0 Å². The molecule has 0 N–H and O–H groups in total. The first-order valence-electron chi connectivity index (χ1n) is 5.04. The molecule has 0 aliphatic rings. The highest BCUT2D eigenvalue weighted by Gasteiger charge is 2.02. The SMILES string of the molecule is C=CC(Cl)c1ccc2ccccc2c1.[O-][S+](Cl)Cl. The van der Waals surface area contributed by atoms with Crippen molar-refractivity contribution in [1.29, 1.82) is 0 Å². The Balaban J connectivity index is 0.000000357. The molecule has 96 valence electrons. The van der Waals surface area contributed by atoms with E-state index in [2.05, 4.69) is 52.2 Å². The Morgan fingerprint density at radius 1 is 1.11 bits per heavy atom. The second-order valence-corrected chi connectivity index (χ2v) is 6.42. The van der Waals surface area contributed by atoms with Crippen LogP contribution in [0.4, 0.5) is 0 Å². The fourth-order valence-corrected chi connectivity index (χ4v) is 1.65. The Bertz CT molecular complexity index is 514. The second kappa shape index (κ2) is 7.93. The maximum absolute atomic E-state index is 9.09. The molecule has 0 aromatic heterocycles. The summed E-state index contributed by atoms with van der Waals surface area (Å²) >= 11 is 6.07. The van der Waals surface area contributed by atoms with Gasteiger partial charge in [-0.3, -0.25) is 0 Å².